The lowest BCUT2D eigenvalue weighted by Gasteiger charge is -2.29. The topological polar surface area (TPSA) is 67.9 Å². The molecule has 0 fully saturated rings. The van der Waals surface area contributed by atoms with Gasteiger partial charge in [0.25, 0.3) is 0 Å². The zero-order valence-corrected chi connectivity index (χ0v) is 14.9. The van der Waals surface area contributed by atoms with E-state index in [0.29, 0.717) is 30.3 Å². The van der Waals surface area contributed by atoms with E-state index < -0.39 is 5.50 Å². The first-order valence-corrected chi connectivity index (χ1v) is 8.01. The van der Waals surface area contributed by atoms with Gasteiger partial charge < -0.3 is 19.7 Å². The molecule has 0 aromatic heterocycles. The van der Waals surface area contributed by atoms with Crippen molar-refractivity contribution in [1.82, 2.24) is 0 Å². The quantitative estimate of drug-likeness (QED) is 0.319. The predicted molar refractivity (Wildman–Crippen MR) is 95.7 cm³/mol. The van der Waals surface area contributed by atoms with Crippen molar-refractivity contribution in [2.24, 2.45) is 0 Å². The first-order valence-electron chi connectivity index (χ1n) is 7.57. The number of alkyl halides is 1. The van der Waals surface area contributed by atoms with E-state index in [9.17, 15) is 9.59 Å². The van der Waals surface area contributed by atoms with Gasteiger partial charge in [-0.05, 0) is 25.1 Å². The highest BCUT2D eigenvalue weighted by molar-refractivity contribution is 6.23. The maximum atomic E-state index is 11.7. The molecule has 0 aliphatic heterocycles. The Morgan fingerprint density at radius 1 is 1.46 bits per heavy atom. The van der Waals surface area contributed by atoms with Crippen molar-refractivity contribution in [2.75, 3.05) is 30.5 Å². The average Bonchev–Trinajstić information content (AvgIpc) is 2.54. The number of methoxy groups -OCH3 is 1. The maximum absolute atomic E-state index is 11.7. The average molecular weight is 355 g/mol. The normalized spacial score (nSPS) is 11.3. The molecule has 1 amide bonds. The highest BCUT2D eigenvalue weighted by Crippen LogP contribution is 2.33. The molecule has 0 saturated heterocycles. The number of hydrogen-bond acceptors (Lipinski definition) is 5. The molecule has 1 aromatic carbocycles. The molecule has 6 nitrogen and oxygen atoms in total. The summed E-state index contributed by atoms with van der Waals surface area (Å²) in [4.78, 5) is 24.7. The van der Waals surface area contributed by atoms with Crippen LogP contribution in [0.25, 0.3) is 0 Å². The molecule has 0 heterocycles. The third kappa shape index (κ3) is 5.77. The molecule has 1 rings (SSSR count). The number of rotatable bonds is 9. The van der Waals surface area contributed by atoms with Gasteiger partial charge >= 0.3 is 5.97 Å². The van der Waals surface area contributed by atoms with Crippen LogP contribution >= 0.6 is 11.6 Å². The molecular formula is C17H23ClN2O4. The molecule has 0 saturated carbocycles. The Kier molecular flexibility index (Phi) is 8.12. The van der Waals surface area contributed by atoms with Crippen molar-refractivity contribution in [3.05, 3.63) is 30.9 Å². The number of ether oxygens (including phenoxy) is 2. The first kappa shape index (κ1) is 19.8. The van der Waals surface area contributed by atoms with Gasteiger partial charge in [-0.3, -0.25) is 9.59 Å². The summed E-state index contributed by atoms with van der Waals surface area (Å²) in [5.41, 5.74) is 0.696. The lowest BCUT2D eigenvalue weighted by molar-refractivity contribution is -0.142. The number of carbonyl (C=O) groups is 2. The number of benzene rings is 1. The lowest BCUT2D eigenvalue weighted by atomic mass is 10.2. The summed E-state index contributed by atoms with van der Waals surface area (Å²) in [6.45, 7) is 7.52. The SMILES string of the molecule is C=CC(Cl)N(CCC(=O)OCC)c1cc(NC(C)=O)ccc1OC. The van der Waals surface area contributed by atoms with Crippen LogP contribution in [0.1, 0.15) is 20.3 Å². The van der Waals surface area contributed by atoms with Crippen LogP contribution in [-0.2, 0) is 14.3 Å². The number of halogens is 1. The number of carbonyl (C=O) groups excluding carboxylic acids is 2. The summed E-state index contributed by atoms with van der Waals surface area (Å²) < 4.78 is 10.3. The zero-order chi connectivity index (χ0) is 18.1. The summed E-state index contributed by atoms with van der Waals surface area (Å²) in [5, 5.41) is 2.71. The molecule has 0 radical (unpaired) electrons. The Morgan fingerprint density at radius 2 is 2.17 bits per heavy atom. The molecular weight excluding hydrogens is 332 g/mol. The molecule has 24 heavy (non-hydrogen) atoms. The highest BCUT2D eigenvalue weighted by Gasteiger charge is 2.20. The molecule has 7 heteroatoms. The summed E-state index contributed by atoms with van der Waals surface area (Å²) in [6, 6.07) is 5.19. The minimum atomic E-state index is -0.555. The molecule has 0 aliphatic carbocycles. The maximum Gasteiger partial charge on any atom is 0.307 e. The van der Waals surface area contributed by atoms with Crippen LogP contribution in [-0.4, -0.2) is 37.6 Å². The Balaban J connectivity index is 3.12. The predicted octanol–water partition coefficient (Wildman–Crippen LogP) is 3.16. The number of nitrogens with one attached hydrogen (secondary N) is 1. The van der Waals surface area contributed by atoms with Gasteiger partial charge in [-0.1, -0.05) is 24.3 Å². The van der Waals surface area contributed by atoms with Crippen LogP contribution in [0.4, 0.5) is 11.4 Å². The molecule has 0 aliphatic rings. The fourth-order valence-corrected chi connectivity index (χ4v) is 2.35. The van der Waals surface area contributed by atoms with E-state index in [1.807, 2.05) is 0 Å². The second kappa shape index (κ2) is 9.82. The summed E-state index contributed by atoms with van der Waals surface area (Å²) in [7, 11) is 1.54. The van der Waals surface area contributed by atoms with Crippen LogP contribution in [0.5, 0.6) is 5.75 Å². The van der Waals surface area contributed by atoms with Gasteiger partial charge in [0.1, 0.15) is 11.3 Å². The van der Waals surface area contributed by atoms with E-state index in [0.717, 1.165) is 0 Å². The smallest absolute Gasteiger partial charge is 0.307 e. The molecule has 1 atom stereocenters. The third-order valence-electron chi connectivity index (χ3n) is 3.16. The van der Waals surface area contributed by atoms with Gasteiger partial charge in [0.15, 0.2) is 0 Å². The molecule has 132 valence electrons. The number of hydrogen-bond donors (Lipinski definition) is 1. The van der Waals surface area contributed by atoms with E-state index >= 15 is 0 Å². The molecule has 1 unspecified atom stereocenters. The van der Waals surface area contributed by atoms with E-state index in [2.05, 4.69) is 11.9 Å². The minimum absolute atomic E-state index is 0.165. The van der Waals surface area contributed by atoms with E-state index in [1.54, 1.807) is 36.1 Å². The first-order chi connectivity index (χ1) is 11.4. The number of esters is 1. The lowest BCUT2D eigenvalue weighted by Crippen LogP contribution is -2.32. The minimum Gasteiger partial charge on any atom is -0.495 e. The second-order valence-corrected chi connectivity index (χ2v) is 5.37. The van der Waals surface area contributed by atoms with Crippen molar-refractivity contribution in [3.63, 3.8) is 0 Å². The van der Waals surface area contributed by atoms with Crippen molar-refractivity contribution < 1.29 is 19.1 Å². The number of anilines is 2. The van der Waals surface area contributed by atoms with Crippen molar-refractivity contribution in [1.29, 1.82) is 0 Å². The monoisotopic (exact) mass is 354 g/mol. The fraction of sp³-hybridized carbons (Fsp3) is 0.412. The second-order valence-electron chi connectivity index (χ2n) is 4.92. The van der Waals surface area contributed by atoms with Gasteiger partial charge in [-0.2, -0.15) is 0 Å². The van der Waals surface area contributed by atoms with Crippen LogP contribution in [0.2, 0.25) is 0 Å². The third-order valence-corrected chi connectivity index (χ3v) is 3.58. The van der Waals surface area contributed by atoms with Crippen LogP contribution in [0.15, 0.2) is 30.9 Å². The molecule has 1 N–H and O–H groups in total. The summed E-state index contributed by atoms with van der Waals surface area (Å²) in [5.74, 6) is 0.0724. The van der Waals surface area contributed by atoms with Crippen molar-refractivity contribution in [2.45, 2.75) is 25.8 Å². The van der Waals surface area contributed by atoms with Gasteiger partial charge in [-0.15, -0.1) is 0 Å². The fourth-order valence-electron chi connectivity index (χ4n) is 2.14. The zero-order valence-electron chi connectivity index (χ0n) is 14.2. The van der Waals surface area contributed by atoms with Crippen molar-refractivity contribution in [3.8, 4) is 5.75 Å². The Hall–Kier alpha value is -2.21. The van der Waals surface area contributed by atoms with Crippen LogP contribution < -0.4 is 15.0 Å². The standard InChI is InChI=1S/C17H23ClN2O4/c1-5-16(18)20(10-9-17(22)24-6-2)14-11-13(19-12(3)21)7-8-15(14)23-4/h5,7-8,11,16H,1,6,9-10H2,2-4H3,(H,19,21). The molecule has 0 bridgehead atoms. The Morgan fingerprint density at radius 3 is 2.71 bits per heavy atom. The molecule has 0 spiro atoms. The van der Waals surface area contributed by atoms with Crippen LogP contribution in [0, 0.1) is 0 Å². The number of amides is 1. The van der Waals surface area contributed by atoms with Gasteiger partial charge in [0, 0.05) is 19.2 Å². The van der Waals surface area contributed by atoms with E-state index in [1.165, 1.54) is 14.0 Å². The van der Waals surface area contributed by atoms with E-state index in [4.69, 9.17) is 21.1 Å². The Labute approximate surface area is 147 Å². The summed E-state index contributed by atoms with van der Waals surface area (Å²) in [6.07, 6.45) is 1.72. The Bertz CT molecular complexity index is 592. The number of nitrogens with zero attached hydrogens (tertiary/aromatic N) is 1. The highest BCUT2D eigenvalue weighted by atomic mass is 35.5. The van der Waals surface area contributed by atoms with Gasteiger partial charge in [0.05, 0.1) is 25.8 Å². The largest absolute Gasteiger partial charge is 0.495 e. The van der Waals surface area contributed by atoms with Crippen molar-refractivity contribution >= 4 is 34.9 Å². The van der Waals surface area contributed by atoms with Gasteiger partial charge in [-0.25, -0.2) is 0 Å². The molecule has 1 aromatic rings. The van der Waals surface area contributed by atoms with Crippen LogP contribution in [0.3, 0.4) is 0 Å². The summed E-state index contributed by atoms with van der Waals surface area (Å²) >= 11 is 6.33. The van der Waals surface area contributed by atoms with Gasteiger partial charge in [0.2, 0.25) is 5.91 Å². The van der Waals surface area contributed by atoms with E-state index in [-0.39, 0.29) is 18.3 Å².